The van der Waals surface area contributed by atoms with Crippen molar-refractivity contribution in [2.24, 2.45) is 0 Å². The highest BCUT2D eigenvalue weighted by atomic mass is 32.1. The molecular formula is C19H19N3O3S. The second-order valence-electron chi connectivity index (χ2n) is 6.22. The molecule has 0 radical (unpaired) electrons. The van der Waals surface area contributed by atoms with Gasteiger partial charge in [0, 0.05) is 30.5 Å². The van der Waals surface area contributed by atoms with Gasteiger partial charge in [-0.2, -0.15) is 4.98 Å². The molecule has 6 nitrogen and oxygen atoms in total. The molecule has 1 saturated heterocycles. The van der Waals surface area contributed by atoms with Crippen molar-refractivity contribution in [2.45, 2.75) is 32.4 Å². The van der Waals surface area contributed by atoms with E-state index in [0.29, 0.717) is 18.3 Å². The highest BCUT2D eigenvalue weighted by Crippen LogP contribution is 2.33. The highest BCUT2D eigenvalue weighted by molar-refractivity contribution is 7.14. The Morgan fingerprint density at radius 1 is 1.27 bits per heavy atom. The van der Waals surface area contributed by atoms with Crippen LogP contribution < -0.4 is 5.32 Å². The summed E-state index contributed by atoms with van der Waals surface area (Å²) in [5.74, 6) is 1.05. The Morgan fingerprint density at radius 3 is 2.81 bits per heavy atom. The van der Waals surface area contributed by atoms with Crippen molar-refractivity contribution in [3.8, 4) is 11.4 Å². The minimum atomic E-state index is -0.0582. The lowest BCUT2D eigenvalue weighted by Gasteiger charge is -2.06. The van der Waals surface area contributed by atoms with Crippen molar-refractivity contribution >= 4 is 17.2 Å². The van der Waals surface area contributed by atoms with E-state index in [0.717, 1.165) is 40.3 Å². The normalized spacial score (nSPS) is 16.7. The van der Waals surface area contributed by atoms with Crippen molar-refractivity contribution in [1.82, 2.24) is 15.5 Å². The van der Waals surface area contributed by atoms with Gasteiger partial charge in [0.25, 0.3) is 5.91 Å². The number of carbonyl (C=O) groups is 1. The summed E-state index contributed by atoms with van der Waals surface area (Å²) in [4.78, 5) is 18.4. The number of hydrogen-bond acceptors (Lipinski definition) is 6. The van der Waals surface area contributed by atoms with Gasteiger partial charge in [0.05, 0.1) is 11.0 Å². The number of ether oxygens (including phenoxy) is 1. The first kappa shape index (κ1) is 16.9. The van der Waals surface area contributed by atoms with Crippen LogP contribution in [0, 0.1) is 6.92 Å². The maximum Gasteiger partial charge on any atom is 0.261 e. The molecular weight excluding hydrogens is 350 g/mol. The van der Waals surface area contributed by atoms with Gasteiger partial charge in [-0.25, -0.2) is 0 Å². The van der Waals surface area contributed by atoms with Crippen LogP contribution in [0.5, 0.6) is 0 Å². The Balaban J connectivity index is 1.35. The highest BCUT2D eigenvalue weighted by Gasteiger charge is 2.20. The van der Waals surface area contributed by atoms with Crippen molar-refractivity contribution in [1.29, 1.82) is 0 Å². The monoisotopic (exact) mass is 369 g/mol. The van der Waals surface area contributed by atoms with Crippen LogP contribution >= 0.6 is 11.3 Å². The average molecular weight is 369 g/mol. The minimum absolute atomic E-state index is 0.0582. The molecule has 0 unspecified atom stereocenters. The molecule has 1 aliphatic rings. The molecule has 26 heavy (non-hydrogen) atoms. The van der Waals surface area contributed by atoms with E-state index >= 15 is 0 Å². The average Bonchev–Trinajstić information content (AvgIpc) is 3.40. The van der Waals surface area contributed by atoms with Gasteiger partial charge in [-0.1, -0.05) is 29.4 Å². The van der Waals surface area contributed by atoms with Gasteiger partial charge in [0.15, 0.2) is 0 Å². The fourth-order valence-corrected chi connectivity index (χ4v) is 3.92. The Labute approximate surface area is 155 Å². The predicted octanol–water partition coefficient (Wildman–Crippen LogP) is 3.89. The molecule has 1 N–H and O–H groups in total. The third kappa shape index (κ3) is 3.68. The van der Waals surface area contributed by atoms with Crippen LogP contribution in [0.25, 0.3) is 11.4 Å². The summed E-state index contributed by atoms with van der Waals surface area (Å²) in [7, 11) is 0. The molecule has 7 heteroatoms. The Kier molecular flexibility index (Phi) is 4.81. The quantitative estimate of drug-likeness (QED) is 0.738. The number of amides is 1. The lowest BCUT2D eigenvalue weighted by molar-refractivity contribution is 0.0955. The van der Waals surface area contributed by atoms with Gasteiger partial charge in [0.2, 0.25) is 11.7 Å². The second-order valence-corrected chi connectivity index (χ2v) is 7.34. The molecule has 4 rings (SSSR count). The van der Waals surface area contributed by atoms with Crippen molar-refractivity contribution in [3.63, 3.8) is 0 Å². The van der Waals surface area contributed by atoms with E-state index in [1.165, 1.54) is 11.3 Å². The molecule has 1 atom stereocenters. The molecule has 134 valence electrons. The molecule has 1 aromatic carbocycles. The summed E-state index contributed by atoms with van der Waals surface area (Å²) in [6.45, 7) is 3.04. The number of aromatic nitrogens is 2. The first-order valence-corrected chi connectivity index (χ1v) is 9.40. The van der Waals surface area contributed by atoms with Crippen LogP contribution in [0.1, 0.15) is 44.9 Å². The fourth-order valence-electron chi connectivity index (χ4n) is 2.91. The van der Waals surface area contributed by atoms with Crippen molar-refractivity contribution in [2.75, 3.05) is 6.61 Å². The van der Waals surface area contributed by atoms with E-state index in [9.17, 15) is 4.79 Å². The first-order chi connectivity index (χ1) is 12.7. The molecule has 0 saturated carbocycles. The Bertz CT molecular complexity index is 895. The van der Waals surface area contributed by atoms with Crippen LogP contribution in [0.3, 0.4) is 0 Å². The third-order valence-electron chi connectivity index (χ3n) is 4.29. The number of hydrogen-bond donors (Lipinski definition) is 1. The number of carbonyl (C=O) groups excluding carboxylic acids is 1. The van der Waals surface area contributed by atoms with E-state index in [4.69, 9.17) is 9.26 Å². The van der Waals surface area contributed by atoms with Gasteiger partial charge < -0.3 is 14.6 Å². The molecule has 2 aromatic heterocycles. The maximum atomic E-state index is 12.4. The number of thiophene rings is 1. The smallest absolute Gasteiger partial charge is 0.261 e. The molecule has 1 aliphatic heterocycles. The zero-order chi connectivity index (χ0) is 17.9. The number of nitrogens with one attached hydrogen (secondary N) is 1. The summed E-state index contributed by atoms with van der Waals surface area (Å²) in [6, 6.07) is 11.6. The lowest BCUT2D eigenvalue weighted by atomic mass is 10.1. The summed E-state index contributed by atoms with van der Waals surface area (Å²) in [5, 5.41) is 6.86. The van der Waals surface area contributed by atoms with Gasteiger partial charge >= 0.3 is 0 Å². The van der Waals surface area contributed by atoms with Crippen LogP contribution in [0.15, 0.2) is 40.9 Å². The largest absolute Gasteiger partial charge is 0.373 e. The topological polar surface area (TPSA) is 77.2 Å². The van der Waals surface area contributed by atoms with E-state index in [1.807, 2.05) is 36.4 Å². The first-order valence-electron chi connectivity index (χ1n) is 8.58. The fraction of sp³-hybridized carbons (Fsp3) is 0.316. The summed E-state index contributed by atoms with van der Waals surface area (Å²) >= 11 is 1.51. The van der Waals surface area contributed by atoms with Gasteiger partial charge in [-0.3, -0.25) is 4.79 Å². The summed E-state index contributed by atoms with van der Waals surface area (Å²) < 4.78 is 10.7. The second kappa shape index (κ2) is 7.39. The van der Waals surface area contributed by atoms with Gasteiger partial charge in [0.1, 0.15) is 0 Å². The zero-order valence-corrected chi connectivity index (χ0v) is 15.2. The molecule has 0 bridgehead atoms. The van der Waals surface area contributed by atoms with Crippen molar-refractivity contribution < 1.29 is 14.1 Å². The number of benzene rings is 1. The van der Waals surface area contributed by atoms with E-state index in [2.05, 4.69) is 15.5 Å². The van der Waals surface area contributed by atoms with E-state index in [-0.39, 0.29) is 12.0 Å². The van der Waals surface area contributed by atoms with Gasteiger partial charge in [-0.05, 0) is 30.5 Å². The van der Waals surface area contributed by atoms with Crippen LogP contribution in [-0.4, -0.2) is 22.7 Å². The lowest BCUT2D eigenvalue weighted by Crippen LogP contribution is -2.21. The van der Waals surface area contributed by atoms with Crippen LogP contribution in [0.2, 0.25) is 0 Å². The van der Waals surface area contributed by atoms with Gasteiger partial charge in [-0.15, -0.1) is 11.3 Å². The zero-order valence-electron chi connectivity index (χ0n) is 14.4. The number of rotatable bonds is 5. The summed E-state index contributed by atoms with van der Waals surface area (Å²) in [5.41, 5.74) is 1.90. The molecule has 1 fully saturated rings. The molecule has 3 heterocycles. The number of aryl methyl sites for hydroxylation is 1. The number of nitrogens with zero attached hydrogens (tertiary/aromatic N) is 2. The predicted molar refractivity (Wildman–Crippen MR) is 97.9 cm³/mol. The maximum absolute atomic E-state index is 12.4. The van der Waals surface area contributed by atoms with Crippen LogP contribution in [0.4, 0.5) is 0 Å². The molecule has 1 amide bonds. The van der Waals surface area contributed by atoms with E-state index in [1.54, 1.807) is 6.92 Å². The van der Waals surface area contributed by atoms with Crippen LogP contribution in [-0.2, 0) is 11.3 Å². The third-order valence-corrected chi connectivity index (χ3v) is 5.47. The van der Waals surface area contributed by atoms with Crippen molar-refractivity contribution in [3.05, 3.63) is 57.6 Å². The Morgan fingerprint density at radius 2 is 2.12 bits per heavy atom. The van der Waals surface area contributed by atoms with E-state index < -0.39 is 0 Å². The molecule has 0 aliphatic carbocycles. The Hall–Kier alpha value is -2.51. The minimum Gasteiger partial charge on any atom is -0.373 e. The summed E-state index contributed by atoms with van der Waals surface area (Å²) in [6.07, 6.45) is 2.28. The molecule has 3 aromatic rings. The standard InChI is InChI=1S/C19H19N3O3S/c1-12-21-18(22-25-12)14-6-4-13(5-7-14)11-20-19(23)17-9-8-16(26-17)15-3-2-10-24-15/h4-9,15H,2-3,10-11H2,1H3,(H,20,23)/t15-/m0/s1. The SMILES string of the molecule is Cc1nc(-c2ccc(CNC(=O)c3ccc([C@@H]4CCCO4)s3)cc2)no1. The molecule has 0 spiro atoms.